The summed E-state index contributed by atoms with van der Waals surface area (Å²) in [5.41, 5.74) is 6.55. The third kappa shape index (κ3) is 32.9. The number of carboxylic acid groups (broad SMARTS) is 5. The van der Waals surface area contributed by atoms with Gasteiger partial charge in [0.05, 0.1) is 36.3 Å². The second-order valence-electron chi connectivity index (χ2n) is 24.8. The molecule has 9 atom stereocenters. The molecular weight excluding hydrogens is 1280 g/mol. The van der Waals surface area contributed by atoms with Gasteiger partial charge in [-0.25, -0.2) is 0 Å². The molecule has 12 N–H and O–H groups in total. The standard InChI is InChI=1S/C65H95N7O23S/c1-36(2)29-46(51(75)20-21-55(79)67-48(35-96-6)52(76)30-37(3)4)71-65(94)49-9-7-27-72(49)56(80)34-95-28-8-10-50(74)47(31-39-11-13-40(14-12-39)38(5)73)70-63(92)42(16-23-58(83)84)33-53(77)44(18-25-60(87)88)68-62(91)41(15-22-57(81)82)32-54(78)45(19-26-61(89)90)69-64(93)43(66)17-24-59(85)86/h11-14,36-37,41-49H,7-10,15-35,66H2,1-6H3,(H,67,79)(H,68,91)(H,69,93)(H,70,92)(H,71,94)(H,81,82)(H,83,84)(H,85,86)(H,87,88)(H,89,90)/t41-,42-,43+,44+,45+,46-,47-,48-,49-/m0/s1. The van der Waals surface area contributed by atoms with Crippen molar-refractivity contribution >= 4 is 112 Å². The maximum atomic E-state index is 14.3. The number of carbonyl (C=O) groups excluding carboxylic acids is 12. The maximum Gasteiger partial charge on any atom is 0.303 e. The number of aliphatic carboxylic acids is 5. The monoisotopic (exact) mass is 1370 g/mol. The summed E-state index contributed by atoms with van der Waals surface area (Å²) in [4.78, 5) is 222. The Labute approximate surface area is 561 Å². The van der Waals surface area contributed by atoms with E-state index in [0.29, 0.717) is 23.3 Å². The summed E-state index contributed by atoms with van der Waals surface area (Å²) in [6.07, 6.45) is -5.82. The molecule has 1 aliphatic heterocycles. The molecule has 0 unspecified atom stereocenters. The predicted molar refractivity (Wildman–Crippen MR) is 345 cm³/mol. The average Bonchev–Trinajstić information content (AvgIpc) is 1.58. The van der Waals surface area contributed by atoms with Crippen LogP contribution in [-0.2, 0) is 87.9 Å². The predicted octanol–water partition coefficient (Wildman–Crippen LogP) is 2.39. The third-order valence-corrected chi connectivity index (χ3v) is 16.4. The molecular formula is C65H95N7O23S. The molecule has 0 saturated carbocycles. The quantitative estimate of drug-likeness (QED) is 0.0329. The fourth-order valence-corrected chi connectivity index (χ4v) is 11.1. The summed E-state index contributed by atoms with van der Waals surface area (Å²) >= 11 is 1.40. The fourth-order valence-electron chi connectivity index (χ4n) is 10.5. The van der Waals surface area contributed by atoms with Crippen LogP contribution in [0.4, 0.5) is 0 Å². The van der Waals surface area contributed by atoms with Crippen LogP contribution in [-0.4, -0.2) is 204 Å². The van der Waals surface area contributed by atoms with Gasteiger partial charge in [0.2, 0.25) is 35.4 Å². The molecule has 0 aromatic heterocycles. The number of rotatable bonds is 51. The van der Waals surface area contributed by atoms with Crippen molar-refractivity contribution in [2.75, 3.05) is 31.8 Å². The molecule has 0 radical (unpaired) electrons. The topological polar surface area (TPSA) is 490 Å². The minimum Gasteiger partial charge on any atom is -0.481 e. The number of ketones is 6. The van der Waals surface area contributed by atoms with Crippen molar-refractivity contribution < 1.29 is 112 Å². The minimum atomic E-state index is -1.78. The van der Waals surface area contributed by atoms with E-state index < -0.39 is 220 Å². The largest absolute Gasteiger partial charge is 0.481 e. The molecule has 1 aromatic rings. The molecule has 1 saturated heterocycles. The van der Waals surface area contributed by atoms with Crippen LogP contribution in [0.3, 0.4) is 0 Å². The number of Topliss-reactive ketones (excluding diaryl/α,β-unsaturated/α-hetero) is 6. The molecule has 0 aliphatic carbocycles. The highest BCUT2D eigenvalue weighted by atomic mass is 32.2. The number of ether oxygens (including phenoxy) is 1. The van der Waals surface area contributed by atoms with Crippen molar-refractivity contribution in [3.63, 3.8) is 0 Å². The highest BCUT2D eigenvalue weighted by molar-refractivity contribution is 7.98. The van der Waals surface area contributed by atoms with Crippen molar-refractivity contribution in [1.29, 1.82) is 0 Å². The lowest BCUT2D eigenvalue weighted by atomic mass is 9.89. The molecule has 6 amide bonds. The second-order valence-corrected chi connectivity index (χ2v) is 25.7. The fraction of sp³-hybridized carbons (Fsp3) is 0.646. The molecule has 30 nitrogen and oxygen atoms in total. The third-order valence-electron chi connectivity index (χ3n) is 15.8. The molecule has 534 valence electrons. The Kier molecular flexibility index (Phi) is 38.1. The van der Waals surface area contributed by atoms with Gasteiger partial charge in [-0.05, 0) is 94.8 Å². The molecule has 96 heavy (non-hydrogen) atoms. The lowest BCUT2D eigenvalue weighted by Crippen LogP contribution is -2.52. The van der Waals surface area contributed by atoms with Crippen LogP contribution >= 0.6 is 11.8 Å². The first-order valence-electron chi connectivity index (χ1n) is 32.1. The van der Waals surface area contributed by atoms with Crippen molar-refractivity contribution in [2.45, 2.75) is 212 Å². The first-order chi connectivity index (χ1) is 45.1. The molecule has 31 heteroatoms. The van der Waals surface area contributed by atoms with Gasteiger partial charge in [-0.15, -0.1) is 0 Å². The Morgan fingerprint density at radius 1 is 0.542 bits per heavy atom. The summed E-state index contributed by atoms with van der Waals surface area (Å²) in [5, 5.41) is 59.9. The Balaban J connectivity index is 2.33. The lowest BCUT2D eigenvalue weighted by molar-refractivity contribution is -0.142. The number of amides is 6. The summed E-state index contributed by atoms with van der Waals surface area (Å²) < 4.78 is 5.68. The van der Waals surface area contributed by atoms with Gasteiger partial charge in [0.1, 0.15) is 12.6 Å². The van der Waals surface area contributed by atoms with Gasteiger partial charge >= 0.3 is 29.8 Å². The van der Waals surface area contributed by atoms with Crippen LogP contribution in [0.2, 0.25) is 0 Å². The Morgan fingerprint density at radius 2 is 1.02 bits per heavy atom. The Morgan fingerprint density at radius 3 is 1.51 bits per heavy atom. The van der Waals surface area contributed by atoms with Gasteiger partial charge < -0.3 is 67.5 Å². The lowest BCUT2D eigenvalue weighted by Gasteiger charge is -2.27. The number of carboxylic acids is 5. The zero-order valence-corrected chi connectivity index (χ0v) is 56.2. The summed E-state index contributed by atoms with van der Waals surface area (Å²) in [6.45, 7) is 8.33. The first-order valence-corrected chi connectivity index (χ1v) is 33.5. The minimum absolute atomic E-state index is 0.0273. The van der Waals surface area contributed by atoms with E-state index in [2.05, 4.69) is 26.6 Å². The highest BCUT2D eigenvalue weighted by Crippen LogP contribution is 2.23. The Bertz CT molecular complexity index is 2920. The van der Waals surface area contributed by atoms with Gasteiger partial charge in [-0.3, -0.25) is 81.5 Å². The maximum absolute atomic E-state index is 14.3. The zero-order chi connectivity index (χ0) is 72.4. The van der Waals surface area contributed by atoms with Gasteiger partial charge in [0.15, 0.2) is 34.7 Å². The normalized spacial score (nSPS) is 15.3. The van der Waals surface area contributed by atoms with E-state index in [9.17, 15) is 102 Å². The van der Waals surface area contributed by atoms with E-state index in [-0.39, 0.29) is 94.3 Å². The van der Waals surface area contributed by atoms with Crippen LogP contribution in [0.25, 0.3) is 0 Å². The molecule has 0 spiro atoms. The van der Waals surface area contributed by atoms with E-state index in [1.165, 1.54) is 47.9 Å². The summed E-state index contributed by atoms with van der Waals surface area (Å²) in [6, 6.07) is -2.90. The van der Waals surface area contributed by atoms with Crippen molar-refractivity contribution in [3.05, 3.63) is 35.4 Å². The van der Waals surface area contributed by atoms with Crippen LogP contribution in [0.5, 0.6) is 0 Å². The SMILES string of the molecule is CSC[C@H](NC(=O)CCC(=O)[C@H](CC(C)C)NC(=O)[C@@H]1CCCN1C(=O)COCCCC(=O)[C@H](Cc1ccc(C(C)=O)cc1)NC(=O)[C@@H](CCC(=O)O)CC(=O)[C@@H](CCC(=O)O)NC(=O)[C@@H](CCC(=O)O)CC(=O)[C@@H](CCC(=O)O)NC(=O)[C@H](N)CCC(=O)O)C(=O)CC(C)C. The molecule has 1 aliphatic rings. The van der Waals surface area contributed by atoms with Crippen molar-refractivity contribution in [3.8, 4) is 0 Å². The molecule has 0 bridgehead atoms. The number of nitrogens with two attached hydrogens (primary N) is 1. The molecule has 2 rings (SSSR count). The summed E-state index contributed by atoms with van der Waals surface area (Å²) in [7, 11) is 0. The number of likely N-dealkylation sites (tertiary alicyclic amines) is 1. The number of thioether (sulfide) groups is 1. The summed E-state index contributed by atoms with van der Waals surface area (Å²) in [5.74, 6) is -18.1. The van der Waals surface area contributed by atoms with E-state index in [0.717, 1.165) is 0 Å². The first kappa shape index (κ1) is 83.8. The number of nitrogens with zero attached hydrogens (tertiary/aromatic N) is 1. The number of benzene rings is 1. The number of nitrogens with one attached hydrogen (secondary N) is 5. The van der Waals surface area contributed by atoms with Crippen LogP contribution < -0.4 is 32.3 Å². The van der Waals surface area contributed by atoms with Crippen LogP contribution in [0.1, 0.15) is 179 Å². The van der Waals surface area contributed by atoms with Gasteiger partial charge in [-0.1, -0.05) is 52.0 Å². The second kappa shape index (κ2) is 43.7. The van der Waals surface area contributed by atoms with E-state index >= 15 is 0 Å². The van der Waals surface area contributed by atoms with E-state index in [4.69, 9.17) is 15.6 Å². The number of hydrogen-bond donors (Lipinski definition) is 11. The number of hydrogen-bond acceptors (Lipinski definition) is 20. The Hall–Kier alpha value is -8.32. The van der Waals surface area contributed by atoms with E-state index in [1.807, 2.05) is 34.0 Å². The molecule has 1 heterocycles. The average molecular weight is 1370 g/mol. The van der Waals surface area contributed by atoms with Crippen LogP contribution in [0.15, 0.2) is 24.3 Å². The van der Waals surface area contributed by atoms with E-state index in [1.54, 1.807) is 0 Å². The van der Waals surface area contributed by atoms with Crippen LogP contribution in [0, 0.1) is 23.7 Å². The molecule has 1 aromatic carbocycles. The highest BCUT2D eigenvalue weighted by Gasteiger charge is 2.38. The van der Waals surface area contributed by atoms with Crippen molar-refractivity contribution in [2.24, 2.45) is 29.4 Å². The number of carbonyl (C=O) groups is 17. The van der Waals surface area contributed by atoms with Crippen molar-refractivity contribution in [1.82, 2.24) is 31.5 Å². The van der Waals surface area contributed by atoms with Gasteiger partial charge in [0.25, 0.3) is 0 Å². The van der Waals surface area contributed by atoms with Gasteiger partial charge in [-0.2, -0.15) is 11.8 Å². The smallest absolute Gasteiger partial charge is 0.303 e. The molecule has 1 fully saturated rings. The van der Waals surface area contributed by atoms with Gasteiger partial charge in [0, 0.05) is 107 Å². The zero-order valence-electron chi connectivity index (χ0n) is 55.4.